The number of halogens is 2. The van der Waals surface area contributed by atoms with E-state index in [1.807, 2.05) is 59.2 Å². The van der Waals surface area contributed by atoms with Gasteiger partial charge in [-0.3, -0.25) is 4.79 Å². The molecule has 176 valence electrons. The van der Waals surface area contributed by atoms with Gasteiger partial charge in [0.2, 0.25) is 0 Å². The normalized spacial score (nSPS) is 12.6. The highest BCUT2D eigenvalue weighted by Gasteiger charge is 2.40. The Morgan fingerprint density at radius 3 is 2.26 bits per heavy atom. The summed E-state index contributed by atoms with van der Waals surface area (Å²) in [6.07, 6.45) is -1.10. The van der Waals surface area contributed by atoms with Crippen LogP contribution in [0.25, 0.3) is 11.1 Å². The number of carboxylic acid groups (broad SMARTS) is 1. The smallest absolute Gasteiger partial charge is 0.407 e. The van der Waals surface area contributed by atoms with Crippen molar-refractivity contribution >= 4 is 34.5 Å². The number of alkyl carbamates (subject to hydrolysis) is 1. The molecule has 1 aliphatic carbocycles. The number of anilines is 1. The molecule has 0 saturated heterocycles. The van der Waals surface area contributed by atoms with Crippen LogP contribution in [0, 0.1) is 6.92 Å². The number of carboxylic acids is 1. The molecule has 8 nitrogen and oxygen atoms in total. The van der Waals surface area contributed by atoms with E-state index in [9.17, 15) is 23.2 Å². The maximum atomic E-state index is 14.3. The van der Waals surface area contributed by atoms with E-state index < -0.39 is 30.4 Å². The minimum absolute atomic E-state index is 0.0697. The zero-order chi connectivity index (χ0) is 24.5. The van der Waals surface area contributed by atoms with Gasteiger partial charge in [0, 0.05) is 5.92 Å². The van der Waals surface area contributed by atoms with Crippen LogP contribution in [0.15, 0.2) is 48.5 Å². The first kappa shape index (κ1) is 23.3. The third-order valence-corrected chi connectivity index (χ3v) is 6.29. The van der Waals surface area contributed by atoms with Crippen molar-refractivity contribution in [2.75, 3.05) is 18.5 Å². The van der Waals surface area contributed by atoms with Gasteiger partial charge in [0.25, 0.3) is 5.91 Å². The van der Waals surface area contributed by atoms with Gasteiger partial charge in [-0.2, -0.15) is 13.2 Å². The molecule has 0 bridgehead atoms. The molecule has 3 N–H and O–H groups in total. The van der Waals surface area contributed by atoms with Crippen molar-refractivity contribution in [1.29, 1.82) is 0 Å². The van der Waals surface area contributed by atoms with Crippen LogP contribution in [0.1, 0.15) is 33.1 Å². The summed E-state index contributed by atoms with van der Waals surface area (Å²) in [5.41, 5.74) is 3.71. The lowest BCUT2D eigenvalue weighted by Crippen LogP contribution is -2.45. The number of carbonyl (C=O) groups is 3. The first-order valence-electron chi connectivity index (χ1n) is 10.2. The van der Waals surface area contributed by atoms with Gasteiger partial charge in [-0.15, -0.1) is 0 Å². The van der Waals surface area contributed by atoms with Crippen molar-refractivity contribution in [1.82, 2.24) is 9.69 Å². The van der Waals surface area contributed by atoms with Crippen LogP contribution in [0.2, 0.25) is 0 Å². The molecule has 4 rings (SSSR count). The summed E-state index contributed by atoms with van der Waals surface area (Å²) in [5.74, 6) is -7.43. The van der Waals surface area contributed by atoms with Crippen molar-refractivity contribution in [3.63, 3.8) is 0 Å². The molecule has 0 spiro atoms. The van der Waals surface area contributed by atoms with Crippen LogP contribution < -0.4 is 10.6 Å². The van der Waals surface area contributed by atoms with Crippen LogP contribution in [0.4, 0.5) is 18.6 Å². The molecule has 1 aliphatic rings. The molecule has 1 aromatic heterocycles. The van der Waals surface area contributed by atoms with Crippen molar-refractivity contribution in [2.45, 2.75) is 18.8 Å². The molecule has 2 amide bonds. The van der Waals surface area contributed by atoms with E-state index in [1.54, 1.807) is 0 Å². The molecule has 3 aromatic rings. The van der Waals surface area contributed by atoms with Crippen molar-refractivity contribution in [3.05, 3.63) is 70.9 Å². The summed E-state index contributed by atoms with van der Waals surface area (Å²) in [5, 5.41) is 12.6. The van der Waals surface area contributed by atoms with E-state index >= 15 is 0 Å². The van der Waals surface area contributed by atoms with Gasteiger partial charge in [0.05, 0.1) is 12.2 Å². The fourth-order valence-corrected chi connectivity index (χ4v) is 4.60. The molecule has 0 radical (unpaired) electrons. The predicted octanol–water partition coefficient (Wildman–Crippen LogP) is 4.26. The van der Waals surface area contributed by atoms with E-state index in [4.69, 9.17) is 9.84 Å². The number of aryl methyl sites for hydroxylation is 1. The highest BCUT2D eigenvalue weighted by Crippen LogP contribution is 2.44. The Kier molecular flexibility index (Phi) is 6.29. The Morgan fingerprint density at radius 1 is 1.09 bits per heavy atom. The van der Waals surface area contributed by atoms with E-state index in [0.717, 1.165) is 22.3 Å². The van der Waals surface area contributed by atoms with Crippen LogP contribution in [-0.4, -0.2) is 46.5 Å². The first-order chi connectivity index (χ1) is 16.2. The number of ether oxygens (including phenoxy) is 1. The lowest BCUT2D eigenvalue weighted by Gasteiger charge is -2.18. The second kappa shape index (κ2) is 9.18. The van der Waals surface area contributed by atoms with Gasteiger partial charge in [-0.25, -0.2) is 9.59 Å². The number of alkyl halides is 2. The molecule has 0 fully saturated rings. The number of hydrogen-bond acceptors (Lipinski definition) is 6. The summed E-state index contributed by atoms with van der Waals surface area (Å²) >= 11 is 0.576. The van der Waals surface area contributed by atoms with Gasteiger partial charge in [-0.05, 0) is 40.7 Å². The number of nitrogens with one attached hydrogen (secondary N) is 2. The number of carbonyl (C=O) groups excluding carboxylic acids is 2. The summed E-state index contributed by atoms with van der Waals surface area (Å²) in [6, 6.07) is 15.3. The molecule has 0 unspecified atom stereocenters. The number of aromatic nitrogens is 1. The number of fused-ring (bicyclic) bond motifs is 3. The molecule has 0 atom stereocenters. The summed E-state index contributed by atoms with van der Waals surface area (Å²) in [7, 11) is 0. The van der Waals surface area contributed by atoms with Gasteiger partial charge in [0.1, 0.15) is 17.2 Å². The van der Waals surface area contributed by atoms with Crippen LogP contribution in [0.3, 0.4) is 0 Å². The second-order valence-electron chi connectivity index (χ2n) is 7.61. The molecule has 0 saturated carbocycles. The molecular weight excluding hydrogens is 468 g/mol. The first-order valence-corrected chi connectivity index (χ1v) is 10.9. The maximum absolute atomic E-state index is 14.3. The standard InChI is InChI=1S/C23H19F2N3O5S/c1-12-18(20(29)30)19(34-28-12)27-21(31)23(24,25)11-26-22(32)33-10-17-15-8-4-2-6-13(15)14-7-3-5-9-16(14)17/h2-9,17H,10-11H2,1H3,(H,26,32)(H,27,31)(H,29,30). The van der Waals surface area contributed by atoms with E-state index in [-0.39, 0.29) is 28.8 Å². The van der Waals surface area contributed by atoms with Crippen molar-refractivity contribution in [3.8, 4) is 11.1 Å². The minimum Gasteiger partial charge on any atom is -0.478 e. The Bertz CT molecular complexity index is 1230. The fourth-order valence-electron chi connectivity index (χ4n) is 3.81. The summed E-state index contributed by atoms with van der Waals surface area (Å²) in [6.45, 7) is -0.0120. The van der Waals surface area contributed by atoms with Gasteiger partial charge >= 0.3 is 18.0 Å². The molecule has 11 heteroatoms. The average Bonchev–Trinajstić information content (AvgIpc) is 3.34. The third-order valence-electron chi connectivity index (χ3n) is 5.43. The van der Waals surface area contributed by atoms with Crippen molar-refractivity contribution < 1.29 is 33.0 Å². The predicted molar refractivity (Wildman–Crippen MR) is 120 cm³/mol. The maximum Gasteiger partial charge on any atom is 0.407 e. The number of hydrogen-bond donors (Lipinski definition) is 3. The number of rotatable bonds is 7. The Balaban J connectivity index is 1.35. The Morgan fingerprint density at radius 2 is 1.68 bits per heavy atom. The molecular formula is C23H19F2N3O5S. The number of benzene rings is 2. The SMILES string of the molecule is Cc1nsc(NC(=O)C(F)(F)CNC(=O)OCC2c3ccccc3-c3ccccc32)c1C(=O)O. The largest absolute Gasteiger partial charge is 0.478 e. The number of amides is 2. The average molecular weight is 487 g/mol. The lowest BCUT2D eigenvalue weighted by atomic mass is 9.98. The van der Waals surface area contributed by atoms with Gasteiger partial charge in [-0.1, -0.05) is 48.5 Å². The third kappa shape index (κ3) is 4.46. The van der Waals surface area contributed by atoms with Crippen LogP contribution in [-0.2, 0) is 9.53 Å². The second-order valence-corrected chi connectivity index (χ2v) is 8.39. The lowest BCUT2D eigenvalue weighted by molar-refractivity contribution is -0.138. The van der Waals surface area contributed by atoms with Crippen LogP contribution in [0.5, 0.6) is 0 Å². The Hall–Kier alpha value is -3.86. The van der Waals surface area contributed by atoms with Gasteiger partial charge in [0.15, 0.2) is 0 Å². The van der Waals surface area contributed by atoms with Crippen LogP contribution >= 0.6 is 11.5 Å². The van der Waals surface area contributed by atoms with E-state index in [2.05, 4.69) is 4.37 Å². The number of aromatic carboxylic acids is 1. The minimum atomic E-state index is -4.01. The van der Waals surface area contributed by atoms with Crippen molar-refractivity contribution in [2.24, 2.45) is 0 Å². The summed E-state index contributed by atoms with van der Waals surface area (Å²) < 4.78 is 37.5. The monoisotopic (exact) mass is 487 g/mol. The zero-order valence-corrected chi connectivity index (χ0v) is 18.6. The summed E-state index contributed by atoms with van der Waals surface area (Å²) in [4.78, 5) is 35.4. The number of nitrogens with zero attached hydrogens (tertiary/aromatic N) is 1. The molecule has 34 heavy (non-hydrogen) atoms. The van der Waals surface area contributed by atoms with E-state index in [1.165, 1.54) is 6.92 Å². The molecule has 0 aliphatic heterocycles. The highest BCUT2D eigenvalue weighted by molar-refractivity contribution is 7.11. The zero-order valence-electron chi connectivity index (χ0n) is 17.8. The highest BCUT2D eigenvalue weighted by atomic mass is 32.1. The Labute approximate surface area is 196 Å². The van der Waals surface area contributed by atoms with Gasteiger partial charge < -0.3 is 20.5 Å². The quantitative estimate of drug-likeness (QED) is 0.458. The topological polar surface area (TPSA) is 118 Å². The van der Waals surface area contributed by atoms with E-state index in [0.29, 0.717) is 11.5 Å². The molecule has 1 heterocycles. The fraction of sp³-hybridized carbons (Fsp3) is 0.217. The molecule has 2 aromatic carbocycles.